The first-order valence-electron chi connectivity index (χ1n) is 4.72. The van der Waals surface area contributed by atoms with Crippen LogP contribution in [0.1, 0.15) is 0 Å². The SMILES string of the molecule is C[Si](C)c1ccccc1-c1cccs1. The number of hydrogen-bond donors (Lipinski definition) is 0. The molecule has 0 nitrogen and oxygen atoms in total. The third-order valence-corrected chi connectivity index (χ3v) is 4.67. The molecule has 14 heavy (non-hydrogen) atoms. The van der Waals surface area contributed by atoms with Crippen molar-refractivity contribution in [3.05, 3.63) is 41.8 Å². The summed E-state index contributed by atoms with van der Waals surface area (Å²) in [5.74, 6) is 0. The summed E-state index contributed by atoms with van der Waals surface area (Å²) in [4.78, 5) is 1.40. The minimum Gasteiger partial charge on any atom is -0.144 e. The van der Waals surface area contributed by atoms with Crippen LogP contribution in [0.25, 0.3) is 10.4 Å². The lowest BCUT2D eigenvalue weighted by Crippen LogP contribution is -2.24. The maximum Gasteiger partial charge on any atom is 0.0800 e. The van der Waals surface area contributed by atoms with Crippen LogP contribution in [0.4, 0.5) is 0 Å². The maximum atomic E-state index is 2.34. The molecule has 0 aliphatic heterocycles. The van der Waals surface area contributed by atoms with Crippen molar-refractivity contribution < 1.29 is 0 Å². The van der Waals surface area contributed by atoms with Crippen molar-refractivity contribution in [3.63, 3.8) is 0 Å². The molecule has 1 radical (unpaired) electrons. The Morgan fingerprint density at radius 2 is 1.79 bits per heavy atom. The van der Waals surface area contributed by atoms with E-state index in [1.807, 2.05) is 11.3 Å². The first-order chi connectivity index (χ1) is 6.79. The average molecular weight is 217 g/mol. The zero-order chi connectivity index (χ0) is 9.97. The van der Waals surface area contributed by atoms with Gasteiger partial charge in [-0.3, -0.25) is 0 Å². The molecule has 2 heteroatoms. The lowest BCUT2D eigenvalue weighted by atomic mass is 10.2. The van der Waals surface area contributed by atoms with Crippen LogP contribution in [-0.4, -0.2) is 8.80 Å². The summed E-state index contributed by atoms with van der Waals surface area (Å²) in [5, 5.41) is 3.68. The average Bonchev–Trinajstić information content (AvgIpc) is 2.70. The molecule has 0 saturated heterocycles. The maximum absolute atomic E-state index is 2.34. The third kappa shape index (κ3) is 1.81. The van der Waals surface area contributed by atoms with Gasteiger partial charge in [0.2, 0.25) is 0 Å². The Morgan fingerprint density at radius 3 is 2.43 bits per heavy atom. The topological polar surface area (TPSA) is 0 Å². The summed E-state index contributed by atoms with van der Waals surface area (Å²) in [7, 11) is -0.360. The molecule has 0 saturated carbocycles. The Morgan fingerprint density at radius 1 is 1.00 bits per heavy atom. The Balaban J connectivity index is 2.53. The van der Waals surface area contributed by atoms with Gasteiger partial charge >= 0.3 is 0 Å². The highest BCUT2D eigenvalue weighted by atomic mass is 32.1. The van der Waals surface area contributed by atoms with E-state index in [-0.39, 0.29) is 8.80 Å². The normalized spacial score (nSPS) is 10.8. The molecule has 0 atom stereocenters. The monoisotopic (exact) mass is 217 g/mol. The van der Waals surface area contributed by atoms with Crippen molar-refractivity contribution in [1.29, 1.82) is 0 Å². The van der Waals surface area contributed by atoms with Crippen molar-refractivity contribution in [1.82, 2.24) is 0 Å². The van der Waals surface area contributed by atoms with Gasteiger partial charge < -0.3 is 0 Å². The van der Waals surface area contributed by atoms with E-state index in [1.165, 1.54) is 10.4 Å². The molecule has 1 aromatic heterocycles. The predicted octanol–water partition coefficient (Wildman–Crippen LogP) is 3.38. The highest BCUT2D eigenvalue weighted by Gasteiger charge is 2.08. The van der Waals surface area contributed by atoms with Gasteiger partial charge in [0.25, 0.3) is 0 Å². The van der Waals surface area contributed by atoms with Crippen LogP contribution in [0.2, 0.25) is 13.1 Å². The minimum absolute atomic E-state index is 0.360. The van der Waals surface area contributed by atoms with Gasteiger partial charge in [0.15, 0.2) is 0 Å². The fourth-order valence-electron chi connectivity index (χ4n) is 1.57. The van der Waals surface area contributed by atoms with Gasteiger partial charge in [-0.2, -0.15) is 0 Å². The summed E-state index contributed by atoms with van der Waals surface area (Å²) in [6.45, 7) is 4.69. The molecule has 0 unspecified atom stereocenters. The second-order valence-electron chi connectivity index (χ2n) is 3.52. The summed E-state index contributed by atoms with van der Waals surface area (Å²) in [6, 6.07) is 13.1. The summed E-state index contributed by atoms with van der Waals surface area (Å²) in [6.07, 6.45) is 0. The van der Waals surface area contributed by atoms with E-state index in [1.54, 1.807) is 5.19 Å². The van der Waals surface area contributed by atoms with Crippen molar-refractivity contribution in [2.45, 2.75) is 13.1 Å². The summed E-state index contributed by atoms with van der Waals surface area (Å²) >= 11 is 1.82. The van der Waals surface area contributed by atoms with E-state index >= 15 is 0 Å². The number of thiophene rings is 1. The Labute approximate surface area is 90.8 Å². The molecule has 1 aromatic carbocycles. The van der Waals surface area contributed by atoms with E-state index in [0.717, 1.165) is 0 Å². The second kappa shape index (κ2) is 4.11. The summed E-state index contributed by atoms with van der Waals surface area (Å²) < 4.78 is 0. The van der Waals surface area contributed by atoms with E-state index in [9.17, 15) is 0 Å². The summed E-state index contributed by atoms with van der Waals surface area (Å²) in [5.41, 5.74) is 1.43. The fourth-order valence-corrected chi connectivity index (χ4v) is 3.61. The van der Waals surface area contributed by atoms with Gasteiger partial charge in [0.1, 0.15) is 0 Å². The molecule has 0 fully saturated rings. The zero-order valence-electron chi connectivity index (χ0n) is 8.45. The number of benzene rings is 1. The first kappa shape index (κ1) is 9.68. The lowest BCUT2D eigenvalue weighted by molar-refractivity contribution is 1.72. The van der Waals surface area contributed by atoms with Gasteiger partial charge in [-0.05, 0) is 17.0 Å². The smallest absolute Gasteiger partial charge is 0.0800 e. The Hall–Kier alpha value is -0.863. The molecule has 0 amide bonds. The third-order valence-electron chi connectivity index (χ3n) is 2.25. The Kier molecular flexibility index (Phi) is 2.84. The zero-order valence-corrected chi connectivity index (χ0v) is 10.3. The quantitative estimate of drug-likeness (QED) is 0.677. The van der Waals surface area contributed by atoms with Gasteiger partial charge in [-0.25, -0.2) is 0 Å². The van der Waals surface area contributed by atoms with Crippen LogP contribution in [-0.2, 0) is 0 Å². The largest absolute Gasteiger partial charge is 0.144 e. The van der Waals surface area contributed by atoms with Crippen LogP contribution >= 0.6 is 11.3 Å². The van der Waals surface area contributed by atoms with E-state index < -0.39 is 0 Å². The molecule has 0 spiro atoms. The highest BCUT2D eigenvalue weighted by Crippen LogP contribution is 2.23. The van der Waals surface area contributed by atoms with Gasteiger partial charge in [0.05, 0.1) is 8.80 Å². The van der Waals surface area contributed by atoms with Gasteiger partial charge in [-0.1, -0.05) is 48.6 Å². The van der Waals surface area contributed by atoms with Crippen LogP contribution < -0.4 is 5.19 Å². The van der Waals surface area contributed by atoms with Crippen LogP contribution in [0.3, 0.4) is 0 Å². The first-order valence-corrected chi connectivity index (χ1v) is 8.10. The molecule has 2 rings (SSSR count). The number of rotatable bonds is 2. The van der Waals surface area contributed by atoms with E-state index in [0.29, 0.717) is 0 Å². The standard InChI is InChI=1S/C12H13SSi/c1-14(2)12-8-4-3-6-10(12)11-7-5-9-13-11/h3-9H,1-2H3. The molecule has 0 N–H and O–H groups in total. The lowest BCUT2D eigenvalue weighted by Gasteiger charge is -2.09. The molecular formula is C12H13SSi. The van der Waals surface area contributed by atoms with E-state index in [4.69, 9.17) is 0 Å². The molecular weight excluding hydrogens is 204 g/mol. The number of hydrogen-bond acceptors (Lipinski definition) is 1. The molecule has 0 bridgehead atoms. The fraction of sp³-hybridized carbons (Fsp3) is 0.167. The van der Waals surface area contributed by atoms with Crippen molar-refractivity contribution in [2.24, 2.45) is 0 Å². The van der Waals surface area contributed by atoms with Crippen molar-refractivity contribution in [2.75, 3.05) is 0 Å². The van der Waals surface area contributed by atoms with Crippen LogP contribution in [0.5, 0.6) is 0 Å². The Bertz CT molecular complexity index is 404. The highest BCUT2D eigenvalue weighted by molar-refractivity contribution is 7.13. The second-order valence-corrected chi connectivity index (χ2v) is 7.01. The van der Waals surface area contributed by atoms with Crippen LogP contribution in [0.15, 0.2) is 41.8 Å². The molecule has 1 heterocycles. The van der Waals surface area contributed by atoms with Gasteiger partial charge in [-0.15, -0.1) is 11.3 Å². The molecule has 71 valence electrons. The van der Waals surface area contributed by atoms with Crippen molar-refractivity contribution in [3.8, 4) is 10.4 Å². The van der Waals surface area contributed by atoms with Crippen molar-refractivity contribution >= 4 is 25.3 Å². The molecule has 0 aliphatic carbocycles. The minimum atomic E-state index is -0.360. The van der Waals surface area contributed by atoms with Gasteiger partial charge in [0, 0.05) is 4.88 Å². The van der Waals surface area contributed by atoms with E-state index in [2.05, 4.69) is 54.9 Å². The predicted molar refractivity (Wildman–Crippen MR) is 66.9 cm³/mol. The molecule has 0 aliphatic rings. The van der Waals surface area contributed by atoms with Crippen LogP contribution in [0, 0.1) is 0 Å². The molecule has 2 aromatic rings.